The van der Waals surface area contributed by atoms with Crippen LogP contribution < -0.4 is 4.72 Å². The maximum Gasteiger partial charge on any atom is 0.241 e. The summed E-state index contributed by atoms with van der Waals surface area (Å²) in [4.78, 5) is 0.119. The average Bonchev–Trinajstić information content (AvgIpc) is 3.13. The van der Waals surface area contributed by atoms with E-state index in [0.29, 0.717) is 5.02 Å². The molecule has 1 N–H and O–H groups in total. The summed E-state index contributed by atoms with van der Waals surface area (Å²) in [6, 6.07) is 7.93. The Hall–Kier alpha value is -1.09. The van der Waals surface area contributed by atoms with Gasteiger partial charge in [0.1, 0.15) is 5.54 Å². The van der Waals surface area contributed by atoms with Gasteiger partial charge in [-0.2, -0.15) is 9.98 Å². The van der Waals surface area contributed by atoms with Crippen molar-refractivity contribution in [1.82, 2.24) is 4.72 Å². The van der Waals surface area contributed by atoms with E-state index in [-0.39, 0.29) is 10.8 Å². The Morgan fingerprint density at radius 3 is 2.39 bits per heavy atom. The number of nitrogens with one attached hydrogen (secondary N) is 1. The quantitative estimate of drug-likeness (QED) is 0.922. The highest BCUT2D eigenvalue weighted by Crippen LogP contribution is 2.39. The molecule has 0 bridgehead atoms. The van der Waals surface area contributed by atoms with Crippen molar-refractivity contribution in [1.29, 1.82) is 5.26 Å². The molecule has 0 aliphatic heterocycles. The number of hydrogen-bond acceptors (Lipinski definition) is 3. The van der Waals surface area contributed by atoms with Crippen molar-refractivity contribution < 1.29 is 8.42 Å². The normalized spacial score (nSPS) is 18.9. The number of nitriles is 1. The van der Waals surface area contributed by atoms with E-state index in [9.17, 15) is 8.42 Å². The topological polar surface area (TPSA) is 70.0 Å². The van der Waals surface area contributed by atoms with Gasteiger partial charge in [0, 0.05) is 5.02 Å². The molecule has 4 nitrogen and oxygen atoms in total. The molecule has 1 atom stereocenters. The fourth-order valence-corrected chi connectivity index (χ4v) is 3.32. The van der Waals surface area contributed by atoms with E-state index < -0.39 is 15.6 Å². The lowest BCUT2D eigenvalue weighted by Gasteiger charge is -2.22. The van der Waals surface area contributed by atoms with Gasteiger partial charge in [0.2, 0.25) is 10.0 Å². The van der Waals surface area contributed by atoms with E-state index in [0.717, 1.165) is 12.8 Å². The summed E-state index contributed by atoms with van der Waals surface area (Å²) in [5, 5.41) is 9.62. The Kier molecular flexibility index (Phi) is 3.37. The minimum atomic E-state index is -3.68. The van der Waals surface area contributed by atoms with Gasteiger partial charge in [-0.15, -0.1) is 0 Å². The Morgan fingerprint density at radius 2 is 1.94 bits per heavy atom. The van der Waals surface area contributed by atoms with Crippen molar-refractivity contribution in [3.8, 4) is 6.07 Å². The number of benzene rings is 1. The number of rotatable bonds is 4. The van der Waals surface area contributed by atoms with Crippen LogP contribution in [0, 0.1) is 17.2 Å². The van der Waals surface area contributed by atoms with Crippen LogP contribution >= 0.6 is 11.6 Å². The lowest BCUT2D eigenvalue weighted by Crippen LogP contribution is -2.46. The van der Waals surface area contributed by atoms with Crippen molar-refractivity contribution >= 4 is 21.6 Å². The molecule has 18 heavy (non-hydrogen) atoms. The zero-order chi connectivity index (χ0) is 13.4. The number of sulfonamides is 1. The smallest absolute Gasteiger partial charge is 0.207 e. The van der Waals surface area contributed by atoms with Gasteiger partial charge in [-0.1, -0.05) is 11.6 Å². The molecule has 1 saturated carbocycles. The lowest BCUT2D eigenvalue weighted by molar-refractivity contribution is 0.458. The van der Waals surface area contributed by atoms with E-state index >= 15 is 0 Å². The summed E-state index contributed by atoms with van der Waals surface area (Å²) >= 11 is 5.72. The first-order chi connectivity index (χ1) is 8.37. The maximum absolute atomic E-state index is 12.1. The van der Waals surface area contributed by atoms with Gasteiger partial charge in [0.15, 0.2) is 0 Å². The van der Waals surface area contributed by atoms with Gasteiger partial charge in [-0.3, -0.25) is 0 Å². The summed E-state index contributed by atoms with van der Waals surface area (Å²) in [5.74, 6) is 0.101. The molecule has 0 amide bonds. The number of nitrogens with zero attached hydrogens (tertiary/aromatic N) is 1. The lowest BCUT2D eigenvalue weighted by atomic mass is 10.0. The zero-order valence-corrected chi connectivity index (χ0v) is 11.4. The summed E-state index contributed by atoms with van der Waals surface area (Å²) in [6.07, 6.45) is 1.76. The van der Waals surface area contributed by atoms with Crippen LogP contribution in [0.15, 0.2) is 29.2 Å². The predicted molar refractivity (Wildman–Crippen MR) is 68.5 cm³/mol. The third-order valence-corrected chi connectivity index (χ3v) is 4.93. The standard InChI is InChI=1S/C12H13ClN2O2S/c1-12(8-14,9-2-3-9)15-18(16,17)11-6-4-10(13)5-7-11/h4-7,9,15H,2-3H2,1H3/t12-/m0/s1. The van der Waals surface area contributed by atoms with Crippen molar-refractivity contribution in [3.63, 3.8) is 0 Å². The maximum atomic E-state index is 12.1. The second-order valence-corrected chi connectivity index (χ2v) is 6.77. The molecule has 1 aromatic carbocycles. The van der Waals surface area contributed by atoms with Crippen LogP contribution in [0.1, 0.15) is 19.8 Å². The predicted octanol–water partition coefficient (Wildman–Crippen LogP) is 2.31. The van der Waals surface area contributed by atoms with Crippen LogP contribution in [0.25, 0.3) is 0 Å². The molecule has 0 aromatic heterocycles. The first kappa shape index (κ1) is 13.3. The molecular formula is C12H13ClN2O2S. The Labute approximate surface area is 112 Å². The van der Waals surface area contributed by atoms with Crippen molar-refractivity contribution in [2.24, 2.45) is 5.92 Å². The van der Waals surface area contributed by atoms with Gasteiger partial charge in [0.05, 0.1) is 11.0 Å². The molecule has 0 saturated heterocycles. The van der Waals surface area contributed by atoms with Crippen LogP contribution in [0.2, 0.25) is 5.02 Å². The molecule has 0 spiro atoms. The summed E-state index contributed by atoms with van der Waals surface area (Å²) < 4.78 is 26.8. The van der Waals surface area contributed by atoms with Gasteiger partial charge in [-0.25, -0.2) is 8.42 Å². The molecule has 1 fully saturated rings. The van der Waals surface area contributed by atoms with E-state index in [2.05, 4.69) is 10.8 Å². The molecule has 1 aromatic rings. The SMILES string of the molecule is C[C@@](C#N)(NS(=O)(=O)c1ccc(Cl)cc1)C1CC1. The molecule has 1 aliphatic rings. The van der Waals surface area contributed by atoms with Gasteiger partial charge < -0.3 is 0 Å². The van der Waals surface area contributed by atoms with E-state index in [1.165, 1.54) is 24.3 Å². The molecule has 96 valence electrons. The van der Waals surface area contributed by atoms with Crippen molar-refractivity contribution in [2.75, 3.05) is 0 Å². The third-order valence-electron chi connectivity index (χ3n) is 3.10. The second kappa shape index (κ2) is 4.54. The van der Waals surface area contributed by atoms with Gasteiger partial charge in [0.25, 0.3) is 0 Å². The number of hydrogen-bond donors (Lipinski definition) is 1. The molecule has 1 aliphatic carbocycles. The largest absolute Gasteiger partial charge is 0.241 e. The fraction of sp³-hybridized carbons (Fsp3) is 0.417. The van der Waals surface area contributed by atoms with Crippen LogP contribution in [-0.2, 0) is 10.0 Å². The highest BCUT2D eigenvalue weighted by Gasteiger charge is 2.44. The molecular weight excluding hydrogens is 272 g/mol. The Balaban J connectivity index is 2.27. The molecule has 2 rings (SSSR count). The van der Waals surface area contributed by atoms with E-state index in [1.54, 1.807) is 6.92 Å². The second-order valence-electron chi connectivity index (χ2n) is 4.65. The summed E-state index contributed by atoms with van der Waals surface area (Å²) in [6.45, 7) is 1.62. The first-order valence-corrected chi connectivity index (χ1v) is 7.44. The third kappa shape index (κ3) is 2.66. The highest BCUT2D eigenvalue weighted by atomic mass is 35.5. The minimum Gasteiger partial charge on any atom is -0.207 e. The van der Waals surface area contributed by atoms with Gasteiger partial charge >= 0.3 is 0 Å². The number of halogens is 1. The van der Waals surface area contributed by atoms with Crippen LogP contribution in [0.4, 0.5) is 0 Å². The van der Waals surface area contributed by atoms with E-state index in [4.69, 9.17) is 16.9 Å². The van der Waals surface area contributed by atoms with Crippen LogP contribution in [0.5, 0.6) is 0 Å². The zero-order valence-electron chi connectivity index (χ0n) is 9.85. The molecule has 0 unspecified atom stereocenters. The molecule has 0 heterocycles. The Bertz CT molecular complexity index is 587. The molecule has 0 radical (unpaired) electrons. The van der Waals surface area contributed by atoms with Crippen LogP contribution in [-0.4, -0.2) is 14.0 Å². The average molecular weight is 285 g/mol. The van der Waals surface area contributed by atoms with Crippen molar-refractivity contribution in [2.45, 2.75) is 30.2 Å². The fourth-order valence-electron chi connectivity index (χ4n) is 1.81. The van der Waals surface area contributed by atoms with Crippen molar-refractivity contribution in [3.05, 3.63) is 29.3 Å². The summed E-state index contributed by atoms with van der Waals surface area (Å²) in [7, 11) is -3.68. The first-order valence-electron chi connectivity index (χ1n) is 5.58. The summed E-state index contributed by atoms with van der Waals surface area (Å²) in [5.41, 5.74) is -1.03. The van der Waals surface area contributed by atoms with Crippen LogP contribution in [0.3, 0.4) is 0 Å². The highest BCUT2D eigenvalue weighted by molar-refractivity contribution is 7.89. The monoisotopic (exact) mass is 284 g/mol. The molecule has 6 heteroatoms. The minimum absolute atomic E-state index is 0.101. The van der Waals surface area contributed by atoms with E-state index in [1.807, 2.05) is 0 Å². The van der Waals surface area contributed by atoms with Gasteiger partial charge in [-0.05, 0) is 49.9 Å². The Morgan fingerprint density at radius 1 is 1.39 bits per heavy atom.